The lowest BCUT2D eigenvalue weighted by molar-refractivity contribution is -0.137. The number of thioether (sulfide) groups is 1. The third-order valence-electron chi connectivity index (χ3n) is 3.24. The first-order chi connectivity index (χ1) is 12.1. The molecule has 26 heavy (non-hydrogen) atoms. The number of carbonyl (C=O) groups is 1. The fraction of sp³-hybridized carbons (Fsp3) is 0.438. The number of rotatable bonds is 5. The second kappa shape index (κ2) is 7.98. The van der Waals surface area contributed by atoms with E-state index in [1.165, 1.54) is 30.2 Å². The summed E-state index contributed by atoms with van der Waals surface area (Å²) in [6.07, 6.45) is -2.91. The van der Waals surface area contributed by atoms with Gasteiger partial charge in [0.1, 0.15) is 6.33 Å². The highest BCUT2D eigenvalue weighted by molar-refractivity contribution is 7.99. The number of halogens is 3. The minimum Gasteiger partial charge on any atom is -0.337 e. The van der Waals surface area contributed by atoms with Gasteiger partial charge in [-0.25, -0.2) is 14.5 Å². The molecule has 0 radical (unpaired) electrons. The molecule has 6 nitrogen and oxygen atoms in total. The van der Waals surface area contributed by atoms with Crippen molar-refractivity contribution in [2.75, 3.05) is 17.6 Å². The molecule has 2 rings (SSSR count). The fourth-order valence-electron chi connectivity index (χ4n) is 2.01. The molecule has 0 unspecified atom stereocenters. The van der Waals surface area contributed by atoms with E-state index in [0.717, 1.165) is 17.3 Å². The lowest BCUT2D eigenvalue weighted by Gasteiger charge is -2.20. The Morgan fingerprint density at radius 1 is 1.19 bits per heavy atom. The van der Waals surface area contributed by atoms with Gasteiger partial charge in [-0.05, 0) is 45.0 Å². The molecule has 2 N–H and O–H groups in total. The number of nitrogens with zero attached hydrogens (tertiary/aromatic N) is 3. The van der Waals surface area contributed by atoms with Gasteiger partial charge in [-0.1, -0.05) is 11.8 Å². The topological polar surface area (TPSA) is 71.8 Å². The van der Waals surface area contributed by atoms with Gasteiger partial charge in [-0.15, -0.1) is 0 Å². The lowest BCUT2D eigenvalue weighted by Crippen LogP contribution is -2.30. The Hall–Kier alpha value is -2.23. The van der Waals surface area contributed by atoms with Crippen molar-refractivity contribution in [3.63, 3.8) is 0 Å². The molecular weight excluding hydrogens is 367 g/mol. The van der Waals surface area contributed by atoms with Crippen LogP contribution in [0.1, 0.15) is 26.3 Å². The van der Waals surface area contributed by atoms with Gasteiger partial charge in [-0.3, -0.25) is 0 Å². The van der Waals surface area contributed by atoms with Crippen molar-refractivity contribution < 1.29 is 18.0 Å². The third-order valence-corrected chi connectivity index (χ3v) is 4.19. The van der Waals surface area contributed by atoms with Gasteiger partial charge < -0.3 is 10.6 Å². The van der Waals surface area contributed by atoms with Crippen molar-refractivity contribution in [3.05, 3.63) is 36.2 Å². The van der Waals surface area contributed by atoms with Gasteiger partial charge >= 0.3 is 12.2 Å². The van der Waals surface area contributed by atoms with Crippen LogP contribution >= 0.6 is 11.8 Å². The molecular formula is C16H20F3N5OS. The monoisotopic (exact) mass is 387 g/mol. The van der Waals surface area contributed by atoms with Crippen molar-refractivity contribution in [3.8, 4) is 0 Å². The number of benzene rings is 1. The number of hydrogen-bond acceptors (Lipinski definition) is 4. The highest BCUT2D eigenvalue weighted by atomic mass is 32.2. The predicted octanol–water partition coefficient (Wildman–Crippen LogP) is 3.97. The van der Waals surface area contributed by atoms with E-state index in [9.17, 15) is 18.0 Å². The normalized spacial score (nSPS) is 12.1. The summed E-state index contributed by atoms with van der Waals surface area (Å²) in [5.74, 6) is 0.579. The lowest BCUT2D eigenvalue weighted by atomic mass is 10.1. The number of anilines is 1. The van der Waals surface area contributed by atoms with Gasteiger partial charge in [-0.2, -0.15) is 18.3 Å². The van der Waals surface area contributed by atoms with Crippen LogP contribution in [-0.2, 0) is 11.7 Å². The van der Waals surface area contributed by atoms with Crippen molar-refractivity contribution in [2.24, 2.45) is 0 Å². The fourth-order valence-corrected chi connectivity index (χ4v) is 2.97. The average Bonchev–Trinajstić information content (AvgIpc) is 3.00. The zero-order valence-corrected chi connectivity index (χ0v) is 15.4. The third kappa shape index (κ3) is 5.65. The maximum Gasteiger partial charge on any atom is 0.416 e. The minimum absolute atomic E-state index is 0.188. The zero-order chi connectivity index (χ0) is 19.4. The van der Waals surface area contributed by atoms with Gasteiger partial charge in [0.15, 0.2) is 5.16 Å². The molecule has 0 atom stereocenters. The Balaban J connectivity index is 1.77. The number of urea groups is 1. The Kier molecular flexibility index (Phi) is 6.17. The molecule has 1 aromatic carbocycles. The summed E-state index contributed by atoms with van der Waals surface area (Å²) in [6, 6.07) is 3.78. The summed E-state index contributed by atoms with van der Waals surface area (Å²) in [4.78, 5) is 16.0. The van der Waals surface area contributed by atoms with Crippen LogP contribution in [0.2, 0.25) is 0 Å². The molecule has 0 saturated heterocycles. The van der Waals surface area contributed by atoms with Crippen LogP contribution in [0.15, 0.2) is 35.7 Å². The molecule has 0 aliphatic rings. The number of nitrogens with one attached hydrogen (secondary N) is 2. The first kappa shape index (κ1) is 20.1. The molecule has 0 aliphatic heterocycles. The number of alkyl halides is 3. The molecule has 142 valence electrons. The summed E-state index contributed by atoms with van der Waals surface area (Å²) in [7, 11) is 0. The smallest absolute Gasteiger partial charge is 0.337 e. The summed E-state index contributed by atoms with van der Waals surface area (Å²) in [5, 5.41) is 10.1. The van der Waals surface area contributed by atoms with Crippen LogP contribution in [0.4, 0.5) is 23.7 Å². The van der Waals surface area contributed by atoms with Crippen molar-refractivity contribution in [1.29, 1.82) is 0 Å². The van der Waals surface area contributed by atoms with E-state index in [2.05, 4.69) is 20.7 Å². The van der Waals surface area contributed by atoms with E-state index in [0.29, 0.717) is 12.3 Å². The molecule has 0 spiro atoms. The Morgan fingerprint density at radius 3 is 2.42 bits per heavy atom. The quantitative estimate of drug-likeness (QED) is 0.602. The van der Waals surface area contributed by atoms with Gasteiger partial charge in [0.25, 0.3) is 0 Å². The van der Waals surface area contributed by atoms with Crippen molar-refractivity contribution >= 4 is 23.5 Å². The first-order valence-corrected chi connectivity index (χ1v) is 8.81. The van der Waals surface area contributed by atoms with Gasteiger partial charge in [0.2, 0.25) is 0 Å². The summed E-state index contributed by atoms with van der Waals surface area (Å²) < 4.78 is 39.3. The molecule has 2 amide bonds. The van der Waals surface area contributed by atoms with Crippen LogP contribution in [-0.4, -0.2) is 33.1 Å². The first-order valence-electron chi connectivity index (χ1n) is 7.83. The average molecular weight is 387 g/mol. The Bertz CT molecular complexity index is 738. The van der Waals surface area contributed by atoms with E-state index in [1.807, 2.05) is 20.8 Å². The van der Waals surface area contributed by atoms with E-state index in [4.69, 9.17) is 0 Å². The summed E-state index contributed by atoms with van der Waals surface area (Å²) in [5.41, 5.74) is -0.662. The number of aromatic nitrogens is 3. The Labute approximate surface area is 153 Å². The molecule has 1 heterocycles. The largest absolute Gasteiger partial charge is 0.416 e. The maximum absolute atomic E-state index is 12.5. The van der Waals surface area contributed by atoms with Crippen LogP contribution in [0, 0.1) is 0 Å². The predicted molar refractivity (Wildman–Crippen MR) is 94.2 cm³/mol. The number of amides is 2. The van der Waals surface area contributed by atoms with Crippen LogP contribution in [0.3, 0.4) is 0 Å². The van der Waals surface area contributed by atoms with Crippen LogP contribution in [0.25, 0.3) is 0 Å². The highest BCUT2D eigenvalue weighted by Crippen LogP contribution is 2.29. The minimum atomic E-state index is -4.40. The Morgan fingerprint density at radius 2 is 1.85 bits per heavy atom. The van der Waals surface area contributed by atoms with E-state index >= 15 is 0 Å². The van der Waals surface area contributed by atoms with E-state index < -0.39 is 17.8 Å². The van der Waals surface area contributed by atoms with Gasteiger partial charge in [0.05, 0.1) is 11.1 Å². The molecule has 0 saturated carbocycles. The SMILES string of the molecule is CC(C)(C)n1ncnc1SCCNC(=O)Nc1ccc(C(F)(F)F)cc1. The molecule has 0 fully saturated rings. The zero-order valence-electron chi connectivity index (χ0n) is 14.6. The molecule has 0 aliphatic carbocycles. The molecule has 0 bridgehead atoms. The van der Waals surface area contributed by atoms with Crippen LogP contribution < -0.4 is 10.6 Å². The van der Waals surface area contributed by atoms with Gasteiger partial charge in [0, 0.05) is 18.0 Å². The molecule has 10 heteroatoms. The second-order valence-electron chi connectivity index (χ2n) is 6.43. The molecule has 1 aromatic heterocycles. The standard InChI is InChI=1S/C16H20F3N5OS/c1-15(2,3)24-14(21-10-22-24)26-9-8-20-13(25)23-12-6-4-11(5-7-12)16(17,18)19/h4-7,10H,8-9H2,1-3H3,(H2,20,23,25). The highest BCUT2D eigenvalue weighted by Gasteiger charge is 2.30. The number of hydrogen-bond donors (Lipinski definition) is 2. The number of carbonyl (C=O) groups excluding carboxylic acids is 1. The maximum atomic E-state index is 12.5. The van der Waals surface area contributed by atoms with E-state index in [1.54, 1.807) is 4.68 Å². The molecule has 2 aromatic rings. The van der Waals surface area contributed by atoms with Crippen molar-refractivity contribution in [2.45, 2.75) is 37.6 Å². The second-order valence-corrected chi connectivity index (χ2v) is 7.49. The van der Waals surface area contributed by atoms with E-state index in [-0.39, 0.29) is 11.2 Å². The van der Waals surface area contributed by atoms with Crippen LogP contribution in [0.5, 0.6) is 0 Å². The summed E-state index contributed by atoms with van der Waals surface area (Å²) >= 11 is 1.46. The van der Waals surface area contributed by atoms with Crippen molar-refractivity contribution in [1.82, 2.24) is 20.1 Å². The summed E-state index contributed by atoms with van der Waals surface area (Å²) in [6.45, 7) is 6.42.